The smallest absolute Gasteiger partial charge is 0.356 e. The Morgan fingerprint density at radius 2 is 2.00 bits per heavy atom. The summed E-state index contributed by atoms with van der Waals surface area (Å²) in [4.78, 5) is 15.3. The first kappa shape index (κ1) is 16.4. The monoisotopic (exact) mass is 371 g/mol. The number of hydrogen-bond acceptors (Lipinski definition) is 4. The lowest BCUT2D eigenvalue weighted by Crippen LogP contribution is -2.13. The number of esters is 1. The van der Waals surface area contributed by atoms with Gasteiger partial charge in [0.15, 0.2) is 5.69 Å². The average molecular weight is 372 g/mol. The molecule has 2 aromatic rings. The fourth-order valence-corrected chi connectivity index (χ4v) is 2.09. The fraction of sp³-hybridized carbons (Fsp3) is 0.200. The number of halogens is 3. The molecule has 0 aliphatic carbocycles. The van der Waals surface area contributed by atoms with E-state index in [1.807, 2.05) is 0 Å². The Kier molecular flexibility index (Phi) is 4.75. The molecule has 0 spiro atoms. The molecule has 2 rings (SSSR count). The molecule has 4 nitrogen and oxygen atoms in total. The van der Waals surface area contributed by atoms with E-state index in [1.54, 1.807) is 24.3 Å². The highest BCUT2D eigenvalue weighted by Gasteiger charge is 2.31. The largest absolute Gasteiger partial charge is 0.464 e. The number of ether oxygens (including phenoxy) is 2. The van der Waals surface area contributed by atoms with Gasteiger partial charge in [0.25, 0.3) is 5.92 Å². The van der Waals surface area contributed by atoms with E-state index in [1.165, 1.54) is 13.2 Å². The summed E-state index contributed by atoms with van der Waals surface area (Å²) in [5.41, 5.74) is -0.527. The molecule has 0 aliphatic rings. The van der Waals surface area contributed by atoms with Gasteiger partial charge in [-0.25, -0.2) is 18.6 Å². The maximum Gasteiger partial charge on any atom is 0.356 e. The molecule has 1 aromatic carbocycles. The standard InChI is InChI=1S/C15H12BrF2NO3/c1-15(17,18)11-6-7-12(14(20)21-2)19-13(11)22-10-5-3-4-9(16)8-10/h3-8H,1-2H3. The Balaban J connectivity index is 2.47. The van der Waals surface area contributed by atoms with Crippen molar-refractivity contribution in [3.05, 3.63) is 52.1 Å². The first-order valence-electron chi connectivity index (χ1n) is 6.22. The number of benzene rings is 1. The van der Waals surface area contributed by atoms with Gasteiger partial charge in [-0.3, -0.25) is 0 Å². The summed E-state index contributed by atoms with van der Waals surface area (Å²) >= 11 is 3.26. The van der Waals surface area contributed by atoms with Crippen LogP contribution in [0, 0.1) is 0 Å². The molecule has 7 heteroatoms. The minimum Gasteiger partial charge on any atom is -0.464 e. The first-order chi connectivity index (χ1) is 10.3. The van der Waals surface area contributed by atoms with E-state index in [4.69, 9.17) is 4.74 Å². The number of pyridine rings is 1. The van der Waals surface area contributed by atoms with E-state index in [-0.39, 0.29) is 11.6 Å². The molecular formula is C15H12BrF2NO3. The summed E-state index contributed by atoms with van der Waals surface area (Å²) in [6, 6.07) is 8.92. The van der Waals surface area contributed by atoms with Crippen molar-refractivity contribution in [2.24, 2.45) is 0 Å². The van der Waals surface area contributed by atoms with Gasteiger partial charge in [-0.05, 0) is 30.3 Å². The van der Waals surface area contributed by atoms with Crippen LogP contribution in [0.5, 0.6) is 11.6 Å². The number of carbonyl (C=O) groups excluding carboxylic acids is 1. The van der Waals surface area contributed by atoms with Crippen LogP contribution >= 0.6 is 15.9 Å². The maximum absolute atomic E-state index is 13.7. The molecule has 0 radical (unpaired) electrons. The Bertz CT molecular complexity index is 701. The number of carbonyl (C=O) groups is 1. The molecule has 0 N–H and O–H groups in total. The third-order valence-electron chi connectivity index (χ3n) is 2.74. The molecule has 0 saturated carbocycles. The van der Waals surface area contributed by atoms with Crippen LogP contribution in [0.1, 0.15) is 23.0 Å². The zero-order valence-corrected chi connectivity index (χ0v) is 13.4. The molecular weight excluding hydrogens is 360 g/mol. The summed E-state index contributed by atoms with van der Waals surface area (Å²) in [6.07, 6.45) is 0. The van der Waals surface area contributed by atoms with E-state index in [2.05, 4.69) is 25.7 Å². The van der Waals surface area contributed by atoms with Gasteiger partial charge in [-0.15, -0.1) is 0 Å². The Hall–Kier alpha value is -2.02. The van der Waals surface area contributed by atoms with Crippen molar-refractivity contribution in [2.75, 3.05) is 7.11 Å². The minimum atomic E-state index is -3.16. The van der Waals surface area contributed by atoms with Crippen molar-refractivity contribution in [2.45, 2.75) is 12.8 Å². The number of methoxy groups -OCH3 is 1. The lowest BCUT2D eigenvalue weighted by Gasteiger charge is -2.16. The van der Waals surface area contributed by atoms with Gasteiger partial charge < -0.3 is 9.47 Å². The second-order valence-electron chi connectivity index (χ2n) is 4.49. The van der Waals surface area contributed by atoms with Crippen LogP contribution in [0.15, 0.2) is 40.9 Å². The molecule has 1 heterocycles. The van der Waals surface area contributed by atoms with Gasteiger partial charge in [0, 0.05) is 11.4 Å². The van der Waals surface area contributed by atoms with E-state index in [9.17, 15) is 13.6 Å². The molecule has 22 heavy (non-hydrogen) atoms. The van der Waals surface area contributed by atoms with E-state index < -0.39 is 17.5 Å². The molecule has 0 atom stereocenters. The predicted molar refractivity (Wildman–Crippen MR) is 79.4 cm³/mol. The fourth-order valence-electron chi connectivity index (χ4n) is 1.71. The first-order valence-corrected chi connectivity index (χ1v) is 7.01. The summed E-state index contributed by atoms with van der Waals surface area (Å²) in [7, 11) is 1.18. The summed E-state index contributed by atoms with van der Waals surface area (Å²) in [6.45, 7) is 0.732. The number of nitrogens with zero attached hydrogens (tertiary/aromatic N) is 1. The van der Waals surface area contributed by atoms with E-state index >= 15 is 0 Å². The highest BCUT2D eigenvalue weighted by atomic mass is 79.9. The topological polar surface area (TPSA) is 48.4 Å². The SMILES string of the molecule is COC(=O)c1ccc(C(C)(F)F)c(Oc2cccc(Br)c2)n1. The third kappa shape index (κ3) is 3.79. The molecule has 0 unspecified atom stereocenters. The third-order valence-corrected chi connectivity index (χ3v) is 3.23. The number of rotatable bonds is 4. The zero-order chi connectivity index (χ0) is 16.3. The van der Waals surface area contributed by atoms with Crippen molar-refractivity contribution in [1.29, 1.82) is 0 Å². The van der Waals surface area contributed by atoms with Gasteiger partial charge in [0.2, 0.25) is 5.88 Å². The molecule has 1 aromatic heterocycles. The van der Waals surface area contributed by atoms with Crippen LogP contribution in [-0.4, -0.2) is 18.1 Å². The number of aromatic nitrogens is 1. The highest BCUT2D eigenvalue weighted by Crippen LogP contribution is 2.36. The average Bonchev–Trinajstić information content (AvgIpc) is 2.45. The van der Waals surface area contributed by atoms with Gasteiger partial charge >= 0.3 is 5.97 Å². The summed E-state index contributed by atoms with van der Waals surface area (Å²) in [5, 5.41) is 0. The predicted octanol–water partition coefficient (Wildman–Crippen LogP) is 4.53. The Labute approximate surface area is 134 Å². The molecule has 0 amide bonds. The van der Waals surface area contributed by atoms with Crippen LogP contribution < -0.4 is 4.74 Å². The molecule has 116 valence electrons. The molecule has 0 saturated heterocycles. The second-order valence-corrected chi connectivity index (χ2v) is 5.40. The Morgan fingerprint density at radius 1 is 1.27 bits per heavy atom. The van der Waals surface area contributed by atoms with E-state index in [0.717, 1.165) is 17.5 Å². The van der Waals surface area contributed by atoms with Crippen molar-refractivity contribution in [3.8, 4) is 11.6 Å². The van der Waals surface area contributed by atoms with Gasteiger partial charge in [-0.2, -0.15) is 0 Å². The molecule has 0 fully saturated rings. The van der Waals surface area contributed by atoms with Crippen LogP contribution in [0.25, 0.3) is 0 Å². The summed E-state index contributed by atoms with van der Waals surface area (Å²) < 4.78 is 38.0. The van der Waals surface area contributed by atoms with Gasteiger partial charge in [0.1, 0.15) is 5.75 Å². The van der Waals surface area contributed by atoms with Crippen molar-refractivity contribution in [3.63, 3.8) is 0 Å². The Morgan fingerprint density at radius 3 is 2.59 bits per heavy atom. The number of hydrogen-bond donors (Lipinski definition) is 0. The maximum atomic E-state index is 13.7. The van der Waals surface area contributed by atoms with Crippen LogP contribution in [0.2, 0.25) is 0 Å². The molecule has 0 aliphatic heterocycles. The second kappa shape index (κ2) is 6.39. The van der Waals surface area contributed by atoms with E-state index in [0.29, 0.717) is 5.75 Å². The van der Waals surface area contributed by atoms with Crippen LogP contribution in [0.4, 0.5) is 8.78 Å². The quantitative estimate of drug-likeness (QED) is 0.740. The lowest BCUT2D eigenvalue weighted by molar-refractivity contribution is 0.0147. The minimum absolute atomic E-state index is 0.111. The normalized spacial score (nSPS) is 11.1. The van der Waals surface area contributed by atoms with Crippen molar-refractivity contribution >= 4 is 21.9 Å². The lowest BCUT2D eigenvalue weighted by atomic mass is 10.1. The highest BCUT2D eigenvalue weighted by molar-refractivity contribution is 9.10. The van der Waals surface area contributed by atoms with Crippen molar-refractivity contribution in [1.82, 2.24) is 4.98 Å². The van der Waals surface area contributed by atoms with Gasteiger partial charge in [-0.1, -0.05) is 22.0 Å². The molecule has 0 bridgehead atoms. The summed E-state index contributed by atoms with van der Waals surface area (Å²) in [5.74, 6) is -3.92. The van der Waals surface area contributed by atoms with Crippen LogP contribution in [0.3, 0.4) is 0 Å². The number of alkyl halides is 2. The van der Waals surface area contributed by atoms with Gasteiger partial charge in [0.05, 0.1) is 12.7 Å². The van der Waals surface area contributed by atoms with Crippen LogP contribution in [-0.2, 0) is 10.7 Å². The zero-order valence-electron chi connectivity index (χ0n) is 11.8. The van der Waals surface area contributed by atoms with Crippen molar-refractivity contribution < 1.29 is 23.0 Å².